The Balaban J connectivity index is 1.77. The number of benzene rings is 1. The summed E-state index contributed by atoms with van der Waals surface area (Å²) in [5.41, 5.74) is -0.331. The van der Waals surface area contributed by atoms with Crippen LogP contribution in [0.15, 0.2) is 18.2 Å². The largest absolute Gasteiger partial charge is 0.486 e. The molecule has 130 valence electrons. The number of rotatable bonds is 5. The molecule has 0 aliphatic carbocycles. The predicted octanol–water partition coefficient (Wildman–Crippen LogP) is 1.98. The number of carbonyl (C=O) groups is 2. The first-order valence-corrected chi connectivity index (χ1v) is 8.57. The minimum absolute atomic E-state index is 0.0856. The molecule has 24 heavy (non-hydrogen) atoms. The molecule has 0 spiro atoms. The maximum atomic E-state index is 13.0. The lowest BCUT2D eigenvalue weighted by Gasteiger charge is -2.49. The van der Waals surface area contributed by atoms with Crippen LogP contribution >= 0.6 is 0 Å². The quantitative estimate of drug-likeness (QED) is 0.837. The number of nitrogens with zero attached hydrogens (tertiary/aromatic N) is 1. The van der Waals surface area contributed by atoms with Gasteiger partial charge in [0.1, 0.15) is 18.8 Å². The van der Waals surface area contributed by atoms with Gasteiger partial charge in [-0.15, -0.1) is 0 Å². The summed E-state index contributed by atoms with van der Waals surface area (Å²) in [6, 6.07) is 5.29. The zero-order chi connectivity index (χ0) is 17.2. The zero-order valence-corrected chi connectivity index (χ0v) is 14.3. The van der Waals surface area contributed by atoms with E-state index < -0.39 is 5.54 Å². The van der Waals surface area contributed by atoms with Gasteiger partial charge in [-0.25, -0.2) is 0 Å². The molecular weight excluding hydrogens is 308 g/mol. The highest BCUT2D eigenvalue weighted by molar-refractivity contribution is 6.02. The Bertz CT molecular complexity index is 646. The minimum Gasteiger partial charge on any atom is -0.486 e. The summed E-state index contributed by atoms with van der Waals surface area (Å²) in [7, 11) is 0. The Kier molecular flexibility index (Phi) is 4.64. The first kappa shape index (κ1) is 16.6. The third-order valence-corrected chi connectivity index (χ3v) is 4.76. The summed E-state index contributed by atoms with van der Waals surface area (Å²) >= 11 is 0. The highest BCUT2D eigenvalue weighted by Crippen LogP contribution is 2.38. The van der Waals surface area contributed by atoms with Crippen LogP contribution in [-0.4, -0.2) is 48.6 Å². The van der Waals surface area contributed by atoms with Gasteiger partial charge in [0.25, 0.3) is 5.91 Å². The topological polar surface area (TPSA) is 67.9 Å². The first-order chi connectivity index (χ1) is 11.6. The molecule has 2 amide bonds. The van der Waals surface area contributed by atoms with Crippen molar-refractivity contribution in [1.29, 1.82) is 0 Å². The standard InChI is InChI=1S/C18H24N2O4/c1-3-4-9-19-17(22)18(2)8-10-20(18)16(21)13-6-5-7-14-15(13)24-12-11-23-14/h5-7H,3-4,8-12H2,1-2H3,(H,19,22). The van der Waals surface area contributed by atoms with E-state index in [4.69, 9.17) is 9.47 Å². The third kappa shape index (κ3) is 2.81. The van der Waals surface area contributed by atoms with Gasteiger partial charge in [-0.1, -0.05) is 19.4 Å². The molecule has 0 aromatic heterocycles. The second-order valence-corrected chi connectivity index (χ2v) is 6.42. The van der Waals surface area contributed by atoms with Crippen molar-refractivity contribution in [3.05, 3.63) is 23.8 Å². The number of hydrogen-bond acceptors (Lipinski definition) is 4. The van der Waals surface area contributed by atoms with Crippen LogP contribution in [0.1, 0.15) is 43.5 Å². The molecule has 2 aliphatic rings. The molecule has 1 atom stereocenters. The van der Waals surface area contributed by atoms with Crippen LogP contribution in [0.4, 0.5) is 0 Å². The molecule has 0 radical (unpaired) electrons. The van der Waals surface area contributed by atoms with Gasteiger partial charge in [-0.3, -0.25) is 9.59 Å². The molecule has 1 saturated heterocycles. The average molecular weight is 332 g/mol. The van der Waals surface area contributed by atoms with Crippen LogP contribution < -0.4 is 14.8 Å². The Morgan fingerprint density at radius 2 is 2.08 bits per heavy atom. The number of carbonyl (C=O) groups excluding carboxylic acids is 2. The van der Waals surface area contributed by atoms with Crippen molar-refractivity contribution in [2.45, 2.75) is 38.6 Å². The molecule has 1 unspecified atom stereocenters. The van der Waals surface area contributed by atoms with Gasteiger partial charge in [0.2, 0.25) is 5.91 Å². The molecule has 1 N–H and O–H groups in total. The number of likely N-dealkylation sites (tertiary alicyclic amines) is 1. The number of amides is 2. The van der Waals surface area contributed by atoms with Crippen molar-refractivity contribution in [3.8, 4) is 11.5 Å². The second-order valence-electron chi connectivity index (χ2n) is 6.42. The molecule has 1 aromatic carbocycles. The Morgan fingerprint density at radius 3 is 2.79 bits per heavy atom. The second kappa shape index (κ2) is 6.71. The maximum absolute atomic E-state index is 13.0. The highest BCUT2D eigenvalue weighted by atomic mass is 16.6. The van der Waals surface area contributed by atoms with Crippen molar-refractivity contribution in [1.82, 2.24) is 10.2 Å². The van der Waals surface area contributed by atoms with E-state index in [1.807, 2.05) is 6.92 Å². The van der Waals surface area contributed by atoms with Gasteiger partial charge in [-0.2, -0.15) is 0 Å². The van der Waals surface area contributed by atoms with Crippen LogP contribution in [0.2, 0.25) is 0 Å². The monoisotopic (exact) mass is 332 g/mol. The molecule has 2 aliphatic heterocycles. The third-order valence-electron chi connectivity index (χ3n) is 4.76. The molecule has 2 heterocycles. The van der Waals surface area contributed by atoms with Crippen LogP contribution in [0, 0.1) is 0 Å². The van der Waals surface area contributed by atoms with Crippen molar-refractivity contribution < 1.29 is 19.1 Å². The Hall–Kier alpha value is -2.24. The van der Waals surface area contributed by atoms with Crippen LogP contribution in [-0.2, 0) is 4.79 Å². The van der Waals surface area contributed by atoms with Crippen molar-refractivity contribution in [3.63, 3.8) is 0 Å². The highest BCUT2D eigenvalue weighted by Gasteiger charge is 2.50. The summed E-state index contributed by atoms with van der Waals surface area (Å²) in [5, 5.41) is 2.94. The van der Waals surface area contributed by atoms with E-state index in [1.165, 1.54) is 0 Å². The summed E-state index contributed by atoms with van der Waals surface area (Å²) in [5.74, 6) is 0.797. The van der Waals surface area contributed by atoms with Crippen molar-refractivity contribution >= 4 is 11.8 Å². The SMILES string of the molecule is CCCCNC(=O)C1(C)CCN1C(=O)c1cccc2c1OCCO2. The number of hydrogen-bond donors (Lipinski definition) is 1. The van der Waals surface area contributed by atoms with Gasteiger partial charge in [0.15, 0.2) is 11.5 Å². The van der Waals surface area contributed by atoms with E-state index >= 15 is 0 Å². The number of para-hydroxylation sites is 1. The van der Waals surface area contributed by atoms with Gasteiger partial charge >= 0.3 is 0 Å². The van der Waals surface area contributed by atoms with Crippen molar-refractivity contribution in [2.24, 2.45) is 0 Å². The number of unbranched alkanes of at least 4 members (excludes halogenated alkanes) is 1. The Labute approximate surface area is 142 Å². The fourth-order valence-corrected chi connectivity index (χ4v) is 3.08. The van der Waals surface area contributed by atoms with Crippen LogP contribution in [0.3, 0.4) is 0 Å². The van der Waals surface area contributed by atoms with E-state index in [0.717, 1.165) is 12.8 Å². The van der Waals surface area contributed by atoms with Gasteiger partial charge in [0.05, 0.1) is 5.56 Å². The minimum atomic E-state index is -0.789. The van der Waals surface area contributed by atoms with E-state index in [1.54, 1.807) is 23.1 Å². The summed E-state index contributed by atoms with van der Waals surface area (Å²) in [6.07, 6.45) is 2.63. The zero-order valence-electron chi connectivity index (χ0n) is 14.3. The normalized spacial score (nSPS) is 21.8. The fourth-order valence-electron chi connectivity index (χ4n) is 3.08. The molecule has 0 saturated carbocycles. The number of ether oxygens (including phenoxy) is 2. The summed E-state index contributed by atoms with van der Waals surface area (Å²) in [6.45, 7) is 6.01. The maximum Gasteiger partial charge on any atom is 0.258 e. The molecule has 3 rings (SSSR count). The van der Waals surface area contributed by atoms with Crippen molar-refractivity contribution in [2.75, 3.05) is 26.3 Å². The number of fused-ring (bicyclic) bond motifs is 1. The molecule has 0 bridgehead atoms. The van der Waals surface area contributed by atoms with E-state index in [9.17, 15) is 9.59 Å². The average Bonchev–Trinajstić information content (AvgIpc) is 2.59. The number of nitrogens with one attached hydrogen (secondary N) is 1. The van der Waals surface area contributed by atoms with Crippen LogP contribution in [0.5, 0.6) is 11.5 Å². The molecule has 1 fully saturated rings. The summed E-state index contributed by atoms with van der Waals surface area (Å²) in [4.78, 5) is 27.1. The Morgan fingerprint density at radius 1 is 1.29 bits per heavy atom. The lowest BCUT2D eigenvalue weighted by molar-refractivity contribution is -0.137. The van der Waals surface area contributed by atoms with Gasteiger partial charge < -0.3 is 19.7 Å². The van der Waals surface area contributed by atoms with Crippen LogP contribution in [0.25, 0.3) is 0 Å². The first-order valence-electron chi connectivity index (χ1n) is 8.57. The lowest BCUT2D eigenvalue weighted by atomic mass is 9.84. The predicted molar refractivity (Wildman–Crippen MR) is 89.4 cm³/mol. The van der Waals surface area contributed by atoms with E-state index in [-0.39, 0.29) is 11.8 Å². The molecule has 1 aromatic rings. The fraction of sp³-hybridized carbons (Fsp3) is 0.556. The molecule has 6 nitrogen and oxygen atoms in total. The molecule has 6 heteroatoms. The van der Waals surface area contributed by atoms with E-state index in [0.29, 0.717) is 49.8 Å². The smallest absolute Gasteiger partial charge is 0.258 e. The van der Waals surface area contributed by atoms with Gasteiger partial charge in [-0.05, 0) is 31.9 Å². The van der Waals surface area contributed by atoms with E-state index in [2.05, 4.69) is 12.2 Å². The van der Waals surface area contributed by atoms with Gasteiger partial charge in [0, 0.05) is 13.1 Å². The summed E-state index contributed by atoms with van der Waals surface area (Å²) < 4.78 is 11.2. The molecular formula is C18H24N2O4. The lowest BCUT2D eigenvalue weighted by Crippen LogP contribution is -2.67.